The van der Waals surface area contributed by atoms with E-state index in [4.69, 9.17) is 5.11 Å². The molecule has 3 aromatic rings. The lowest BCUT2D eigenvalue weighted by Gasteiger charge is -2.34. The molecule has 0 atom stereocenters. The highest BCUT2D eigenvalue weighted by Gasteiger charge is 2.21. The van der Waals surface area contributed by atoms with Gasteiger partial charge in [0.05, 0.1) is 0 Å². The predicted octanol–water partition coefficient (Wildman–Crippen LogP) is 3.94. The summed E-state index contributed by atoms with van der Waals surface area (Å²) in [6.45, 7) is 4.24. The van der Waals surface area contributed by atoms with Gasteiger partial charge < -0.3 is 25.5 Å². The molecule has 3 amide bonds. The van der Waals surface area contributed by atoms with Crippen molar-refractivity contribution in [3.8, 4) is 0 Å². The Morgan fingerprint density at radius 2 is 1.75 bits per heavy atom. The molecule has 4 N–H and O–H groups in total. The minimum atomic E-state index is -0.871. The number of aryl methyl sites for hydroxylation is 1. The maximum Gasteiger partial charge on any atom is 0.407 e. The number of pyridine rings is 1. The quantitative estimate of drug-likeness (QED) is 0.422. The zero-order valence-corrected chi connectivity index (χ0v) is 20.2. The third-order valence-electron chi connectivity index (χ3n) is 6.74. The fourth-order valence-corrected chi connectivity index (χ4v) is 4.74. The van der Waals surface area contributed by atoms with Gasteiger partial charge in [0.25, 0.3) is 0 Å². The summed E-state index contributed by atoms with van der Waals surface area (Å²) in [4.78, 5) is 40.6. The number of anilines is 4. The van der Waals surface area contributed by atoms with Gasteiger partial charge in [-0.3, -0.25) is 5.32 Å². The number of benzene rings is 1. The van der Waals surface area contributed by atoms with E-state index in [2.05, 4.69) is 35.8 Å². The first-order chi connectivity index (χ1) is 17.4. The van der Waals surface area contributed by atoms with Gasteiger partial charge in [0.1, 0.15) is 5.82 Å². The summed E-state index contributed by atoms with van der Waals surface area (Å²) in [6.07, 6.45) is 5.19. The summed E-state index contributed by atoms with van der Waals surface area (Å²) in [5.74, 6) is 0.859. The number of carbonyl (C=O) groups excluding carboxylic acids is 1. The number of hydrogen-bond acceptors (Lipinski definition) is 7. The fourth-order valence-electron chi connectivity index (χ4n) is 4.74. The molecule has 1 saturated heterocycles. The molecule has 2 fully saturated rings. The van der Waals surface area contributed by atoms with Crippen molar-refractivity contribution in [2.24, 2.45) is 0 Å². The molecule has 1 aliphatic heterocycles. The number of fused-ring (bicyclic) bond motifs is 1. The van der Waals surface area contributed by atoms with Crippen LogP contribution in [-0.4, -0.2) is 69.3 Å². The number of piperazine rings is 1. The Labute approximate surface area is 208 Å². The second-order valence-corrected chi connectivity index (χ2v) is 9.26. The largest absolute Gasteiger partial charge is 0.465 e. The number of nitrogens with one attached hydrogen (secondary N) is 3. The minimum absolute atomic E-state index is 0.227. The molecule has 1 aromatic carbocycles. The molecular weight excluding hydrogens is 460 g/mol. The highest BCUT2D eigenvalue weighted by Crippen LogP contribution is 2.24. The summed E-state index contributed by atoms with van der Waals surface area (Å²) in [5, 5.41) is 19.0. The van der Waals surface area contributed by atoms with Crippen molar-refractivity contribution in [3.63, 3.8) is 0 Å². The maximum absolute atomic E-state index is 12.4. The van der Waals surface area contributed by atoms with Crippen molar-refractivity contribution in [2.45, 2.75) is 38.6 Å². The fraction of sp³-hybridized carbons (Fsp3) is 0.400. The highest BCUT2D eigenvalue weighted by atomic mass is 16.4. The van der Waals surface area contributed by atoms with Crippen LogP contribution in [0.2, 0.25) is 0 Å². The lowest BCUT2D eigenvalue weighted by atomic mass is 10.2. The van der Waals surface area contributed by atoms with Gasteiger partial charge in [-0.1, -0.05) is 12.8 Å². The molecular formula is C25H30N8O3. The van der Waals surface area contributed by atoms with E-state index < -0.39 is 6.09 Å². The van der Waals surface area contributed by atoms with Crippen LogP contribution in [0.5, 0.6) is 0 Å². The van der Waals surface area contributed by atoms with Crippen molar-refractivity contribution in [1.29, 1.82) is 0 Å². The Morgan fingerprint density at radius 3 is 2.44 bits per heavy atom. The molecule has 11 heteroatoms. The molecule has 36 heavy (non-hydrogen) atoms. The number of rotatable bonds is 5. The monoisotopic (exact) mass is 490 g/mol. The molecule has 0 radical (unpaired) electrons. The average molecular weight is 491 g/mol. The van der Waals surface area contributed by atoms with Gasteiger partial charge in [-0.15, -0.1) is 0 Å². The molecule has 2 aromatic heterocycles. The van der Waals surface area contributed by atoms with Gasteiger partial charge in [0.2, 0.25) is 5.95 Å². The number of carboxylic acid groups (broad SMARTS) is 1. The lowest BCUT2D eigenvalue weighted by molar-refractivity contribution is 0.142. The van der Waals surface area contributed by atoms with E-state index in [0.29, 0.717) is 43.6 Å². The van der Waals surface area contributed by atoms with E-state index >= 15 is 0 Å². The Balaban J connectivity index is 1.25. The van der Waals surface area contributed by atoms with Gasteiger partial charge in [0.15, 0.2) is 5.65 Å². The average Bonchev–Trinajstić information content (AvgIpc) is 3.37. The predicted molar refractivity (Wildman–Crippen MR) is 138 cm³/mol. The number of carbonyl (C=O) groups is 2. The van der Waals surface area contributed by atoms with Crippen LogP contribution in [0, 0.1) is 6.92 Å². The van der Waals surface area contributed by atoms with E-state index in [0.717, 1.165) is 48.0 Å². The second kappa shape index (κ2) is 10.2. The Hall–Kier alpha value is -4.15. The first-order valence-electron chi connectivity index (χ1n) is 12.3. The van der Waals surface area contributed by atoms with E-state index in [-0.39, 0.29) is 12.1 Å². The zero-order chi connectivity index (χ0) is 25.1. The third-order valence-corrected chi connectivity index (χ3v) is 6.74. The van der Waals surface area contributed by atoms with Crippen LogP contribution in [0.3, 0.4) is 0 Å². The van der Waals surface area contributed by atoms with Crippen LogP contribution >= 0.6 is 0 Å². The highest BCUT2D eigenvalue weighted by molar-refractivity contribution is 5.90. The molecule has 2 aliphatic rings. The molecule has 11 nitrogen and oxygen atoms in total. The van der Waals surface area contributed by atoms with E-state index in [1.165, 1.54) is 4.90 Å². The first-order valence-corrected chi connectivity index (χ1v) is 12.3. The first kappa shape index (κ1) is 23.6. The summed E-state index contributed by atoms with van der Waals surface area (Å²) in [7, 11) is 0. The number of amides is 3. The molecule has 3 heterocycles. The second-order valence-electron chi connectivity index (χ2n) is 9.26. The van der Waals surface area contributed by atoms with Gasteiger partial charge in [0, 0.05) is 55.2 Å². The van der Waals surface area contributed by atoms with Crippen LogP contribution in [0.1, 0.15) is 31.2 Å². The summed E-state index contributed by atoms with van der Waals surface area (Å²) in [6, 6.07) is 9.67. The van der Waals surface area contributed by atoms with Crippen LogP contribution in [0.15, 0.2) is 36.5 Å². The molecule has 0 bridgehead atoms. The van der Waals surface area contributed by atoms with E-state index in [1.807, 2.05) is 37.3 Å². The molecule has 188 valence electrons. The van der Waals surface area contributed by atoms with Crippen molar-refractivity contribution < 1.29 is 14.7 Å². The molecule has 0 spiro atoms. The summed E-state index contributed by atoms with van der Waals surface area (Å²) in [5.41, 5.74) is 3.28. The lowest BCUT2D eigenvalue weighted by Crippen LogP contribution is -2.48. The van der Waals surface area contributed by atoms with Crippen molar-refractivity contribution >= 4 is 46.3 Å². The van der Waals surface area contributed by atoms with Crippen LogP contribution in [0.25, 0.3) is 11.0 Å². The Morgan fingerprint density at radius 1 is 1.03 bits per heavy atom. The van der Waals surface area contributed by atoms with Crippen LogP contribution < -0.4 is 20.9 Å². The van der Waals surface area contributed by atoms with Crippen LogP contribution in [0.4, 0.5) is 32.7 Å². The number of aromatic nitrogens is 3. The van der Waals surface area contributed by atoms with Gasteiger partial charge in [-0.05, 0) is 55.7 Å². The summed E-state index contributed by atoms with van der Waals surface area (Å²) >= 11 is 0. The zero-order valence-electron chi connectivity index (χ0n) is 20.2. The van der Waals surface area contributed by atoms with Gasteiger partial charge in [-0.2, -0.15) is 4.98 Å². The van der Waals surface area contributed by atoms with E-state index in [9.17, 15) is 9.59 Å². The number of urea groups is 1. The molecule has 1 saturated carbocycles. The van der Waals surface area contributed by atoms with Crippen molar-refractivity contribution in [3.05, 3.63) is 42.1 Å². The van der Waals surface area contributed by atoms with Crippen molar-refractivity contribution in [1.82, 2.24) is 25.2 Å². The topological polar surface area (TPSA) is 136 Å². The maximum atomic E-state index is 12.4. The normalized spacial score (nSPS) is 16.2. The Kier molecular flexibility index (Phi) is 6.70. The number of hydrogen-bond donors (Lipinski definition) is 4. The SMILES string of the molecule is Cc1cc(NC(=O)NC2CCCC2)nc2nc(Nc3ccc(N4CCN(C(=O)O)CC4)cc3)ncc12. The standard InChI is InChI=1S/C25H30N8O3/c1-16-14-21(30-24(34)28-17-4-2-3-5-17)29-22-20(16)15-26-23(31-22)27-18-6-8-19(9-7-18)32-10-12-33(13-11-32)25(35)36/h6-9,14-15,17H,2-5,10-13H2,1H3,(H,35,36)(H3,26,27,28,29,30,31,34). The van der Waals surface area contributed by atoms with E-state index in [1.54, 1.807) is 6.20 Å². The van der Waals surface area contributed by atoms with Crippen molar-refractivity contribution in [2.75, 3.05) is 41.7 Å². The van der Waals surface area contributed by atoms with Gasteiger partial charge >= 0.3 is 12.1 Å². The third kappa shape index (κ3) is 5.40. The minimum Gasteiger partial charge on any atom is -0.465 e. The Bertz CT molecular complexity index is 1250. The molecule has 5 rings (SSSR count). The number of nitrogens with zero attached hydrogens (tertiary/aromatic N) is 5. The molecule has 1 aliphatic carbocycles. The summed E-state index contributed by atoms with van der Waals surface area (Å²) < 4.78 is 0. The van der Waals surface area contributed by atoms with Gasteiger partial charge in [-0.25, -0.2) is 19.6 Å². The van der Waals surface area contributed by atoms with Crippen LogP contribution in [-0.2, 0) is 0 Å². The molecule has 0 unspecified atom stereocenters. The smallest absolute Gasteiger partial charge is 0.407 e.